The second-order valence-corrected chi connectivity index (χ2v) is 6.35. The lowest BCUT2D eigenvalue weighted by Crippen LogP contribution is -2.14. The molecule has 1 aliphatic carbocycles. The lowest BCUT2D eigenvalue weighted by atomic mass is 9.80. The Morgan fingerprint density at radius 3 is 2.62 bits per heavy atom. The van der Waals surface area contributed by atoms with Crippen LogP contribution >= 0.6 is 0 Å². The van der Waals surface area contributed by atoms with Gasteiger partial charge in [-0.25, -0.2) is 0 Å². The van der Waals surface area contributed by atoms with Gasteiger partial charge >= 0.3 is 0 Å². The molecule has 0 atom stereocenters. The van der Waals surface area contributed by atoms with Gasteiger partial charge in [-0.2, -0.15) is 0 Å². The summed E-state index contributed by atoms with van der Waals surface area (Å²) in [5.41, 5.74) is 0. The Balaban J connectivity index is 1.72. The molecule has 1 aliphatic rings. The SMILES string of the molecule is CCCCC1CCC(c2nnc(CCCNCC)o2)CC1. The van der Waals surface area contributed by atoms with E-state index in [2.05, 4.69) is 29.4 Å². The van der Waals surface area contributed by atoms with Crippen molar-refractivity contribution in [2.45, 2.75) is 77.6 Å². The summed E-state index contributed by atoms with van der Waals surface area (Å²) in [5.74, 6) is 3.15. The second-order valence-electron chi connectivity index (χ2n) is 6.35. The minimum Gasteiger partial charge on any atom is -0.425 e. The van der Waals surface area contributed by atoms with Crippen molar-refractivity contribution >= 4 is 0 Å². The predicted octanol–water partition coefficient (Wildman–Crippen LogP) is 4.08. The van der Waals surface area contributed by atoms with Gasteiger partial charge in [0.05, 0.1) is 0 Å². The van der Waals surface area contributed by atoms with Gasteiger partial charge < -0.3 is 9.73 Å². The highest BCUT2D eigenvalue weighted by atomic mass is 16.4. The maximum Gasteiger partial charge on any atom is 0.219 e. The van der Waals surface area contributed by atoms with Crippen LogP contribution in [0.15, 0.2) is 4.42 Å². The van der Waals surface area contributed by atoms with Crippen molar-refractivity contribution in [3.05, 3.63) is 11.8 Å². The van der Waals surface area contributed by atoms with E-state index >= 15 is 0 Å². The van der Waals surface area contributed by atoms with Crippen LogP contribution in [0.3, 0.4) is 0 Å². The van der Waals surface area contributed by atoms with Crippen LogP contribution in [-0.2, 0) is 6.42 Å². The zero-order valence-electron chi connectivity index (χ0n) is 13.7. The predicted molar refractivity (Wildman–Crippen MR) is 85.4 cm³/mol. The Morgan fingerprint density at radius 1 is 1.10 bits per heavy atom. The van der Waals surface area contributed by atoms with E-state index in [4.69, 9.17) is 4.42 Å². The normalized spacial score (nSPS) is 22.6. The van der Waals surface area contributed by atoms with Crippen molar-refractivity contribution in [1.29, 1.82) is 0 Å². The number of aryl methyl sites for hydroxylation is 1. The first-order chi connectivity index (χ1) is 10.3. The highest BCUT2D eigenvalue weighted by molar-refractivity contribution is 4.94. The highest BCUT2D eigenvalue weighted by Crippen LogP contribution is 2.37. The summed E-state index contributed by atoms with van der Waals surface area (Å²) < 4.78 is 5.87. The fraction of sp³-hybridized carbons (Fsp3) is 0.882. The molecule has 0 saturated heterocycles. The molecule has 4 nitrogen and oxygen atoms in total. The third-order valence-electron chi connectivity index (χ3n) is 4.64. The van der Waals surface area contributed by atoms with Gasteiger partial charge in [-0.3, -0.25) is 0 Å². The Morgan fingerprint density at radius 2 is 1.90 bits per heavy atom. The van der Waals surface area contributed by atoms with E-state index in [1.807, 2.05) is 0 Å². The molecule has 1 heterocycles. The first kappa shape index (κ1) is 16.5. The molecule has 1 fully saturated rings. The van der Waals surface area contributed by atoms with Crippen LogP contribution in [0.2, 0.25) is 0 Å². The van der Waals surface area contributed by atoms with Gasteiger partial charge in [0.15, 0.2) is 0 Å². The van der Waals surface area contributed by atoms with Gasteiger partial charge in [0.25, 0.3) is 0 Å². The Bertz CT molecular complexity index is 383. The monoisotopic (exact) mass is 293 g/mol. The summed E-state index contributed by atoms with van der Waals surface area (Å²) >= 11 is 0. The molecule has 0 amide bonds. The van der Waals surface area contributed by atoms with Crippen LogP contribution in [0.5, 0.6) is 0 Å². The molecule has 21 heavy (non-hydrogen) atoms. The summed E-state index contributed by atoms with van der Waals surface area (Å²) in [6, 6.07) is 0. The second kappa shape index (κ2) is 9.19. The summed E-state index contributed by atoms with van der Waals surface area (Å²) in [7, 11) is 0. The topological polar surface area (TPSA) is 51.0 Å². The molecular weight excluding hydrogens is 262 g/mol. The molecule has 120 valence electrons. The third-order valence-corrected chi connectivity index (χ3v) is 4.64. The lowest BCUT2D eigenvalue weighted by molar-refractivity contribution is 0.274. The molecule has 0 bridgehead atoms. The standard InChI is InChI=1S/C17H31N3O/c1-3-5-7-14-9-11-15(12-10-14)17-20-19-16(21-17)8-6-13-18-4-2/h14-15,18H,3-13H2,1-2H3. The summed E-state index contributed by atoms with van der Waals surface area (Å²) in [4.78, 5) is 0. The Hall–Kier alpha value is -0.900. The van der Waals surface area contributed by atoms with E-state index in [9.17, 15) is 0 Å². The van der Waals surface area contributed by atoms with Crippen LogP contribution in [0.1, 0.15) is 82.9 Å². The van der Waals surface area contributed by atoms with E-state index in [1.165, 1.54) is 44.9 Å². The Kier molecular flexibility index (Phi) is 7.20. The van der Waals surface area contributed by atoms with Crippen LogP contribution in [0.4, 0.5) is 0 Å². The fourth-order valence-corrected chi connectivity index (χ4v) is 3.26. The van der Waals surface area contributed by atoms with Crippen LogP contribution < -0.4 is 5.32 Å². The number of hydrogen-bond acceptors (Lipinski definition) is 4. The molecule has 0 aliphatic heterocycles. The van der Waals surface area contributed by atoms with Crippen LogP contribution in [-0.4, -0.2) is 23.3 Å². The van der Waals surface area contributed by atoms with Crippen LogP contribution in [0, 0.1) is 5.92 Å². The zero-order valence-corrected chi connectivity index (χ0v) is 13.7. The lowest BCUT2D eigenvalue weighted by Gasteiger charge is -2.26. The zero-order chi connectivity index (χ0) is 14.9. The molecule has 1 aromatic rings. The van der Waals surface area contributed by atoms with Gasteiger partial charge in [-0.05, 0) is 51.1 Å². The molecule has 1 N–H and O–H groups in total. The van der Waals surface area contributed by atoms with Crippen molar-refractivity contribution in [2.24, 2.45) is 5.92 Å². The van der Waals surface area contributed by atoms with Gasteiger partial charge in [0.2, 0.25) is 11.8 Å². The molecule has 4 heteroatoms. The van der Waals surface area contributed by atoms with Crippen molar-refractivity contribution in [2.75, 3.05) is 13.1 Å². The third kappa shape index (κ3) is 5.42. The van der Waals surface area contributed by atoms with E-state index in [0.29, 0.717) is 5.92 Å². The summed E-state index contributed by atoms with van der Waals surface area (Å²) in [5, 5.41) is 11.8. The largest absolute Gasteiger partial charge is 0.425 e. The number of nitrogens with zero attached hydrogens (tertiary/aromatic N) is 2. The van der Waals surface area contributed by atoms with Crippen molar-refractivity contribution < 1.29 is 4.42 Å². The Labute approximate surface area is 129 Å². The number of aromatic nitrogens is 2. The smallest absolute Gasteiger partial charge is 0.219 e. The summed E-state index contributed by atoms with van der Waals surface area (Å²) in [6.07, 6.45) is 11.2. The quantitative estimate of drug-likeness (QED) is 0.697. The molecule has 0 spiro atoms. The van der Waals surface area contributed by atoms with Gasteiger partial charge in [0, 0.05) is 12.3 Å². The molecule has 2 rings (SSSR count). The fourth-order valence-electron chi connectivity index (χ4n) is 3.26. The average Bonchev–Trinajstić information content (AvgIpc) is 2.99. The average molecular weight is 293 g/mol. The molecular formula is C17H31N3O. The summed E-state index contributed by atoms with van der Waals surface area (Å²) in [6.45, 7) is 6.45. The number of nitrogens with one attached hydrogen (secondary N) is 1. The van der Waals surface area contributed by atoms with Crippen molar-refractivity contribution in [3.63, 3.8) is 0 Å². The maximum atomic E-state index is 5.87. The highest BCUT2D eigenvalue weighted by Gasteiger charge is 2.25. The molecule has 0 unspecified atom stereocenters. The first-order valence-corrected chi connectivity index (χ1v) is 8.86. The molecule has 0 aromatic carbocycles. The van der Waals surface area contributed by atoms with E-state index in [1.54, 1.807) is 0 Å². The van der Waals surface area contributed by atoms with Crippen LogP contribution in [0.25, 0.3) is 0 Å². The first-order valence-electron chi connectivity index (χ1n) is 8.86. The van der Waals surface area contributed by atoms with E-state index in [-0.39, 0.29) is 0 Å². The van der Waals surface area contributed by atoms with Gasteiger partial charge in [-0.1, -0.05) is 33.1 Å². The van der Waals surface area contributed by atoms with Gasteiger partial charge in [-0.15, -0.1) is 10.2 Å². The van der Waals surface area contributed by atoms with Crippen molar-refractivity contribution in [1.82, 2.24) is 15.5 Å². The molecule has 1 aromatic heterocycles. The van der Waals surface area contributed by atoms with E-state index in [0.717, 1.165) is 43.6 Å². The maximum absolute atomic E-state index is 5.87. The van der Waals surface area contributed by atoms with Crippen molar-refractivity contribution in [3.8, 4) is 0 Å². The van der Waals surface area contributed by atoms with E-state index < -0.39 is 0 Å². The number of hydrogen-bond donors (Lipinski definition) is 1. The molecule has 1 saturated carbocycles. The number of unbranched alkanes of at least 4 members (excludes halogenated alkanes) is 1. The number of rotatable bonds is 9. The van der Waals surface area contributed by atoms with Gasteiger partial charge in [0.1, 0.15) is 0 Å². The minimum atomic E-state index is 0.512. The minimum absolute atomic E-state index is 0.512. The molecule has 0 radical (unpaired) electrons.